The van der Waals surface area contributed by atoms with Crippen molar-refractivity contribution in [3.63, 3.8) is 0 Å². The fraction of sp³-hybridized carbons (Fsp3) is 0.167. The molecule has 5 heteroatoms. The highest BCUT2D eigenvalue weighted by atomic mass is 16.2. The molecule has 0 saturated heterocycles. The summed E-state index contributed by atoms with van der Waals surface area (Å²) in [4.78, 5) is 25.3. The minimum Gasteiger partial charge on any atom is -0.307 e. The first kappa shape index (κ1) is 11.3. The molecule has 0 saturated carbocycles. The maximum atomic E-state index is 12.1. The first-order valence-electron chi connectivity index (χ1n) is 5.22. The number of fused-ring (bicyclic) bond motifs is 1. The van der Waals surface area contributed by atoms with Crippen molar-refractivity contribution in [2.45, 2.75) is 5.92 Å². The molecule has 0 spiro atoms. The summed E-state index contributed by atoms with van der Waals surface area (Å²) in [6.45, 7) is 3.98. The molecule has 1 unspecified atom stereocenters. The smallest absolute Gasteiger partial charge is 0.251 e. The number of para-hydroxylation sites is 1. The van der Waals surface area contributed by atoms with Crippen molar-refractivity contribution in [2.75, 3.05) is 11.4 Å². The van der Waals surface area contributed by atoms with Gasteiger partial charge in [-0.15, -0.1) is 6.58 Å². The number of amides is 2. The van der Waals surface area contributed by atoms with Gasteiger partial charge >= 0.3 is 0 Å². The van der Waals surface area contributed by atoms with Crippen molar-refractivity contribution in [1.29, 1.82) is 0 Å². The molecule has 17 heavy (non-hydrogen) atoms. The lowest BCUT2D eigenvalue weighted by Gasteiger charge is -2.15. The molecule has 1 aromatic carbocycles. The number of nitrogens with two attached hydrogens (primary N) is 1. The minimum absolute atomic E-state index is 0.269. The summed E-state index contributed by atoms with van der Waals surface area (Å²) in [5.41, 5.74) is 3.45. The molecule has 0 fully saturated rings. The van der Waals surface area contributed by atoms with Crippen molar-refractivity contribution >= 4 is 17.5 Å². The Morgan fingerprint density at radius 2 is 2.24 bits per heavy atom. The lowest BCUT2D eigenvalue weighted by atomic mass is 10.0. The molecule has 1 heterocycles. The summed E-state index contributed by atoms with van der Waals surface area (Å²) in [5, 5.41) is 0. The van der Waals surface area contributed by atoms with E-state index in [9.17, 15) is 9.59 Å². The van der Waals surface area contributed by atoms with Crippen LogP contribution in [0.25, 0.3) is 0 Å². The van der Waals surface area contributed by atoms with Gasteiger partial charge < -0.3 is 4.90 Å². The van der Waals surface area contributed by atoms with Crippen molar-refractivity contribution in [3.05, 3.63) is 42.5 Å². The van der Waals surface area contributed by atoms with Gasteiger partial charge in [0.1, 0.15) is 5.92 Å². The maximum Gasteiger partial charge on any atom is 0.251 e. The van der Waals surface area contributed by atoms with Crippen LogP contribution in [-0.2, 0) is 9.59 Å². The van der Waals surface area contributed by atoms with Crippen LogP contribution in [0.2, 0.25) is 0 Å². The highest BCUT2D eigenvalue weighted by Crippen LogP contribution is 2.36. The number of hydrazine groups is 1. The first-order valence-corrected chi connectivity index (χ1v) is 5.22. The molecular weight excluding hydrogens is 218 g/mol. The van der Waals surface area contributed by atoms with Crippen LogP contribution in [0.3, 0.4) is 0 Å². The van der Waals surface area contributed by atoms with E-state index in [1.54, 1.807) is 24.3 Å². The van der Waals surface area contributed by atoms with Crippen LogP contribution < -0.4 is 16.2 Å². The molecule has 5 nitrogen and oxygen atoms in total. The van der Waals surface area contributed by atoms with E-state index in [1.165, 1.54) is 4.90 Å². The standard InChI is InChI=1S/C12H13N3O2/c1-2-7-15-9-6-4-3-5-8(9)10(12(15)17)11(16)14-13/h2-6,10H,1,7,13H2,(H,14,16). The average Bonchev–Trinajstić information content (AvgIpc) is 2.63. The number of carbonyl (C=O) groups excluding carboxylic acids is 2. The van der Waals surface area contributed by atoms with Gasteiger partial charge in [0.05, 0.1) is 0 Å². The van der Waals surface area contributed by atoms with Crippen LogP contribution in [0.1, 0.15) is 11.5 Å². The SMILES string of the molecule is C=CCN1C(=O)C(C(=O)NN)c2ccccc21. The Morgan fingerprint density at radius 3 is 2.88 bits per heavy atom. The lowest BCUT2D eigenvalue weighted by Crippen LogP contribution is -2.40. The predicted molar refractivity (Wildman–Crippen MR) is 64.1 cm³/mol. The molecule has 2 rings (SSSR count). The number of nitrogens with zero attached hydrogens (tertiary/aromatic N) is 1. The quantitative estimate of drug-likeness (QED) is 0.258. The third-order valence-electron chi connectivity index (χ3n) is 2.77. The summed E-state index contributed by atoms with van der Waals surface area (Å²) in [6.07, 6.45) is 1.62. The van der Waals surface area contributed by atoms with Gasteiger partial charge in [0.15, 0.2) is 0 Å². The highest BCUT2D eigenvalue weighted by molar-refractivity contribution is 6.17. The van der Waals surface area contributed by atoms with Gasteiger partial charge in [-0.2, -0.15) is 0 Å². The van der Waals surface area contributed by atoms with Crippen LogP contribution in [0.15, 0.2) is 36.9 Å². The zero-order valence-corrected chi connectivity index (χ0v) is 9.22. The van der Waals surface area contributed by atoms with E-state index in [0.717, 1.165) is 5.69 Å². The monoisotopic (exact) mass is 231 g/mol. The highest BCUT2D eigenvalue weighted by Gasteiger charge is 2.40. The molecule has 2 amide bonds. The van der Waals surface area contributed by atoms with Gasteiger partial charge in [-0.3, -0.25) is 15.0 Å². The molecule has 1 atom stereocenters. The van der Waals surface area contributed by atoms with E-state index < -0.39 is 11.8 Å². The maximum absolute atomic E-state index is 12.1. The third kappa shape index (κ3) is 1.70. The summed E-state index contributed by atoms with van der Waals surface area (Å²) in [6, 6.07) is 7.18. The average molecular weight is 231 g/mol. The summed E-state index contributed by atoms with van der Waals surface area (Å²) in [5.74, 6) is 3.49. The molecule has 1 aromatic rings. The van der Waals surface area contributed by atoms with E-state index in [-0.39, 0.29) is 5.91 Å². The summed E-state index contributed by atoms with van der Waals surface area (Å²) < 4.78 is 0. The Morgan fingerprint density at radius 1 is 1.53 bits per heavy atom. The van der Waals surface area contributed by atoms with E-state index in [0.29, 0.717) is 12.1 Å². The molecule has 0 bridgehead atoms. The molecule has 1 aliphatic rings. The molecular formula is C12H13N3O2. The fourth-order valence-electron chi connectivity index (χ4n) is 2.04. The van der Waals surface area contributed by atoms with E-state index in [4.69, 9.17) is 5.84 Å². The Labute approximate surface area is 98.9 Å². The number of anilines is 1. The van der Waals surface area contributed by atoms with Gasteiger partial charge in [-0.05, 0) is 11.6 Å². The number of nitrogens with one attached hydrogen (secondary N) is 1. The van der Waals surface area contributed by atoms with Gasteiger partial charge in [0.25, 0.3) is 5.91 Å². The Bertz CT molecular complexity index is 484. The molecule has 0 aromatic heterocycles. The van der Waals surface area contributed by atoms with Crippen LogP contribution in [0.4, 0.5) is 5.69 Å². The second-order valence-corrected chi connectivity index (χ2v) is 3.74. The summed E-state index contributed by atoms with van der Waals surface area (Å²) in [7, 11) is 0. The summed E-state index contributed by atoms with van der Waals surface area (Å²) >= 11 is 0. The Hall–Kier alpha value is -2.14. The fourth-order valence-corrected chi connectivity index (χ4v) is 2.04. The number of hydrogen-bond donors (Lipinski definition) is 2. The largest absolute Gasteiger partial charge is 0.307 e. The zero-order chi connectivity index (χ0) is 12.4. The Kier molecular flexibility index (Phi) is 2.93. The second kappa shape index (κ2) is 4.39. The van der Waals surface area contributed by atoms with Crippen LogP contribution in [0, 0.1) is 0 Å². The number of hydrogen-bond acceptors (Lipinski definition) is 3. The van der Waals surface area contributed by atoms with Crippen molar-refractivity contribution < 1.29 is 9.59 Å². The first-order chi connectivity index (χ1) is 8.20. The normalized spacial score (nSPS) is 17.8. The predicted octanol–water partition coefficient (Wildman–Crippen LogP) is 0.293. The van der Waals surface area contributed by atoms with Crippen LogP contribution in [0.5, 0.6) is 0 Å². The Balaban J connectivity index is 2.48. The van der Waals surface area contributed by atoms with Crippen LogP contribution in [-0.4, -0.2) is 18.4 Å². The molecule has 3 N–H and O–H groups in total. The van der Waals surface area contributed by atoms with Gasteiger partial charge in [-0.25, -0.2) is 5.84 Å². The van der Waals surface area contributed by atoms with E-state index in [2.05, 4.69) is 6.58 Å². The number of carbonyl (C=O) groups is 2. The van der Waals surface area contributed by atoms with Gasteiger partial charge in [-0.1, -0.05) is 24.3 Å². The van der Waals surface area contributed by atoms with Gasteiger partial charge in [0.2, 0.25) is 5.91 Å². The zero-order valence-electron chi connectivity index (χ0n) is 9.22. The van der Waals surface area contributed by atoms with E-state index in [1.807, 2.05) is 11.5 Å². The van der Waals surface area contributed by atoms with Crippen molar-refractivity contribution in [3.8, 4) is 0 Å². The van der Waals surface area contributed by atoms with Crippen LogP contribution >= 0.6 is 0 Å². The molecule has 88 valence electrons. The van der Waals surface area contributed by atoms with E-state index >= 15 is 0 Å². The second-order valence-electron chi connectivity index (χ2n) is 3.74. The molecule has 1 aliphatic heterocycles. The lowest BCUT2D eigenvalue weighted by molar-refractivity contribution is -0.129. The van der Waals surface area contributed by atoms with Crippen molar-refractivity contribution in [1.82, 2.24) is 5.43 Å². The molecule has 0 radical (unpaired) electrons. The van der Waals surface area contributed by atoms with Gasteiger partial charge in [0, 0.05) is 12.2 Å². The minimum atomic E-state index is -0.851. The topological polar surface area (TPSA) is 75.4 Å². The number of benzene rings is 1. The number of rotatable bonds is 3. The third-order valence-corrected chi connectivity index (χ3v) is 2.77. The van der Waals surface area contributed by atoms with Crippen molar-refractivity contribution in [2.24, 2.45) is 5.84 Å². The molecule has 0 aliphatic carbocycles.